The summed E-state index contributed by atoms with van der Waals surface area (Å²) in [6, 6.07) is 7.91. The van der Waals surface area contributed by atoms with E-state index in [-0.39, 0.29) is 12.5 Å². The minimum atomic E-state index is 0.0152. The SMILES string of the molecule is NCCc1ccccc1C(=O)N(CCO)C1CC1. The largest absolute Gasteiger partial charge is 0.395 e. The van der Waals surface area contributed by atoms with E-state index in [4.69, 9.17) is 10.8 Å². The van der Waals surface area contributed by atoms with Crippen molar-refractivity contribution in [1.82, 2.24) is 4.90 Å². The van der Waals surface area contributed by atoms with Crippen molar-refractivity contribution in [3.8, 4) is 0 Å². The number of aliphatic hydroxyl groups is 1. The van der Waals surface area contributed by atoms with Gasteiger partial charge in [0.25, 0.3) is 5.91 Å². The zero-order valence-corrected chi connectivity index (χ0v) is 10.5. The van der Waals surface area contributed by atoms with E-state index < -0.39 is 0 Å². The number of carbonyl (C=O) groups excluding carboxylic acids is 1. The van der Waals surface area contributed by atoms with Crippen LogP contribution < -0.4 is 5.73 Å². The monoisotopic (exact) mass is 248 g/mol. The van der Waals surface area contributed by atoms with Crippen LogP contribution in [0, 0.1) is 0 Å². The van der Waals surface area contributed by atoms with Crippen molar-refractivity contribution in [2.45, 2.75) is 25.3 Å². The molecule has 98 valence electrons. The molecule has 0 heterocycles. The first-order valence-electron chi connectivity index (χ1n) is 6.47. The van der Waals surface area contributed by atoms with Gasteiger partial charge < -0.3 is 15.7 Å². The molecule has 1 amide bonds. The average Bonchev–Trinajstić information content (AvgIpc) is 3.20. The molecule has 4 nitrogen and oxygen atoms in total. The highest BCUT2D eigenvalue weighted by atomic mass is 16.3. The molecular weight excluding hydrogens is 228 g/mol. The van der Waals surface area contributed by atoms with Gasteiger partial charge in [0.1, 0.15) is 0 Å². The van der Waals surface area contributed by atoms with Gasteiger partial charge in [-0.3, -0.25) is 4.79 Å². The molecule has 1 aliphatic carbocycles. The summed E-state index contributed by atoms with van der Waals surface area (Å²) in [5, 5.41) is 9.07. The number of nitrogens with two attached hydrogens (primary N) is 1. The van der Waals surface area contributed by atoms with Crippen LogP contribution in [0.15, 0.2) is 24.3 Å². The van der Waals surface area contributed by atoms with Crippen LogP contribution in [-0.2, 0) is 6.42 Å². The van der Waals surface area contributed by atoms with Crippen LogP contribution in [0.1, 0.15) is 28.8 Å². The maximum Gasteiger partial charge on any atom is 0.254 e. The van der Waals surface area contributed by atoms with Crippen LogP contribution in [0.25, 0.3) is 0 Å². The molecule has 18 heavy (non-hydrogen) atoms. The third kappa shape index (κ3) is 2.89. The molecule has 1 aromatic rings. The number of amides is 1. The van der Waals surface area contributed by atoms with Crippen molar-refractivity contribution >= 4 is 5.91 Å². The van der Waals surface area contributed by atoms with E-state index in [1.54, 1.807) is 4.90 Å². The smallest absolute Gasteiger partial charge is 0.254 e. The number of hydrogen-bond donors (Lipinski definition) is 2. The highest BCUT2D eigenvalue weighted by Gasteiger charge is 2.33. The van der Waals surface area contributed by atoms with Crippen molar-refractivity contribution in [3.63, 3.8) is 0 Å². The van der Waals surface area contributed by atoms with Crippen LogP contribution in [-0.4, -0.2) is 41.7 Å². The molecule has 0 spiro atoms. The molecule has 0 radical (unpaired) electrons. The van der Waals surface area contributed by atoms with Crippen molar-refractivity contribution < 1.29 is 9.90 Å². The zero-order valence-electron chi connectivity index (χ0n) is 10.5. The number of benzene rings is 1. The lowest BCUT2D eigenvalue weighted by molar-refractivity contribution is 0.0706. The molecule has 0 saturated heterocycles. The molecular formula is C14H20N2O2. The van der Waals surface area contributed by atoms with E-state index in [1.807, 2.05) is 24.3 Å². The summed E-state index contributed by atoms with van der Waals surface area (Å²) in [7, 11) is 0. The summed E-state index contributed by atoms with van der Waals surface area (Å²) in [5.74, 6) is 0.0237. The molecule has 1 aliphatic rings. The molecule has 0 aliphatic heterocycles. The van der Waals surface area contributed by atoms with E-state index in [1.165, 1.54) is 0 Å². The van der Waals surface area contributed by atoms with Crippen molar-refractivity contribution in [2.24, 2.45) is 5.73 Å². The van der Waals surface area contributed by atoms with Crippen LogP contribution in [0.3, 0.4) is 0 Å². The molecule has 1 saturated carbocycles. The molecule has 1 fully saturated rings. The Labute approximate surface area is 107 Å². The van der Waals surface area contributed by atoms with Gasteiger partial charge in [-0.15, -0.1) is 0 Å². The van der Waals surface area contributed by atoms with Gasteiger partial charge in [-0.05, 0) is 37.4 Å². The Morgan fingerprint density at radius 1 is 1.39 bits per heavy atom. The topological polar surface area (TPSA) is 66.6 Å². The fourth-order valence-corrected chi connectivity index (χ4v) is 2.20. The van der Waals surface area contributed by atoms with Gasteiger partial charge in [-0.25, -0.2) is 0 Å². The second-order valence-electron chi connectivity index (χ2n) is 4.65. The van der Waals surface area contributed by atoms with Gasteiger partial charge in [0, 0.05) is 18.2 Å². The Kier molecular flexibility index (Phi) is 4.33. The van der Waals surface area contributed by atoms with Crippen molar-refractivity contribution in [2.75, 3.05) is 19.7 Å². The number of nitrogens with zero attached hydrogens (tertiary/aromatic N) is 1. The molecule has 3 N–H and O–H groups in total. The summed E-state index contributed by atoms with van der Waals surface area (Å²) in [6.07, 6.45) is 2.80. The number of rotatable bonds is 6. The molecule has 4 heteroatoms. The maximum atomic E-state index is 12.5. The van der Waals surface area contributed by atoms with Crippen LogP contribution >= 0.6 is 0 Å². The van der Waals surface area contributed by atoms with Gasteiger partial charge >= 0.3 is 0 Å². The summed E-state index contributed by atoms with van der Waals surface area (Å²) in [5.41, 5.74) is 7.29. The molecule has 1 aromatic carbocycles. The predicted octanol–water partition coefficient (Wildman–Crippen LogP) is 0.785. The van der Waals surface area contributed by atoms with Gasteiger partial charge in [-0.2, -0.15) is 0 Å². The number of carbonyl (C=O) groups is 1. The highest BCUT2D eigenvalue weighted by molar-refractivity contribution is 5.96. The van der Waals surface area contributed by atoms with Crippen molar-refractivity contribution in [3.05, 3.63) is 35.4 Å². The number of aliphatic hydroxyl groups excluding tert-OH is 1. The van der Waals surface area contributed by atoms with Gasteiger partial charge in [-0.1, -0.05) is 18.2 Å². The van der Waals surface area contributed by atoms with Crippen LogP contribution in [0.2, 0.25) is 0 Å². The predicted molar refractivity (Wildman–Crippen MR) is 70.3 cm³/mol. The Bertz CT molecular complexity index is 416. The summed E-state index contributed by atoms with van der Waals surface area (Å²) < 4.78 is 0. The van der Waals surface area contributed by atoms with E-state index in [2.05, 4.69) is 0 Å². The lowest BCUT2D eigenvalue weighted by Crippen LogP contribution is -2.36. The zero-order chi connectivity index (χ0) is 13.0. The van der Waals surface area contributed by atoms with Crippen LogP contribution in [0.4, 0.5) is 0 Å². The highest BCUT2D eigenvalue weighted by Crippen LogP contribution is 2.28. The third-order valence-corrected chi connectivity index (χ3v) is 3.25. The quantitative estimate of drug-likeness (QED) is 0.782. The Hall–Kier alpha value is -1.39. The van der Waals surface area contributed by atoms with E-state index in [0.717, 1.165) is 24.0 Å². The fraction of sp³-hybridized carbons (Fsp3) is 0.500. The number of hydrogen-bond acceptors (Lipinski definition) is 3. The minimum Gasteiger partial charge on any atom is -0.395 e. The maximum absolute atomic E-state index is 12.5. The first-order chi connectivity index (χ1) is 8.77. The van der Waals surface area contributed by atoms with Gasteiger partial charge in [0.05, 0.1) is 6.61 Å². The van der Waals surface area contributed by atoms with E-state index in [9.17, 15) is 4.79 Å². The Balaban J connectivity index is 2.20. The summed E-state index contributed by atoms with van der Waals surface area (Å²) >= 11 is 0. The molecule has 0 atom stereocenters. The molecule has 2 rings (SSSR count). The van der Waals surface area contributed by atoms with E-state index >= 15 is 0 Å². The Morgan fingerprint density at radius 3 is 2.72 bits per heavy atom. The average molecular weight is 248 g/mol. The first kappa shape index (κ1) is 13.1. The van der Waals surface area contributed by atoms with Crippen LogP contribution in [0.5, 0.6) is 0 Å². The second kappa shape index (κ2) is 5.98. The fourth-order valence-electron chi connectivity index (χ4n) is 2.20. The molecule has 0 aromatic heterocycles. The molecule has 0 unspecified atom stereocenters. The van der Waals surface area contributed by atoms with Gasteiger partial charge in [0.15, 0.2) is 0 Å². The van der Waals surface area contributed by atoms with Crippen molar-refractivity contribution in [1.29, 1.82) is 0 Å². The first-order valence-corrected chi connectivity index (χ1v) is 6.47. The second-order valence-corrected chi connectivity index (χ2v) is 4.65. The standard InChI is InChI=1S/C14H20N2O2/c15-8-7-11-3-1-2-4-13(11)14(18)16(9-10-17)12-5-6-12/h1-4,12,17H,5-10,15H2. The summed E-state index contributed by atoms with van der Waals surface area (Å²) in [6.45, 7) is 0.968. The lowest BCUT2D eigenvalue weighted by atomic mass is 10.0. The van der Waals surface area contributed by atoms with Gasteiger partial charge in [0.2, 0.25) is 0 Å². The third-order valence-electron chi connectivity index (χ3n) is 3.25. The Morgan fingerprint density at radius 2 is 2.11 bits per heavy atom. The molecule has 0 bridgehead atoms. The lowest BCUT2D eigenvalue weighted by Gasteiger charge is -2.22. The normalized spacial score (nSPS) is 14.6. The minimum absolute atomic E-state index is 0.0152. The van der Waals surface area contributed by atoms with E-state index in [0.29, 0.717) is 25.6 Å². The summed E-state index contributed by atoms with van der Waals surface area (Å²) in [4.78, 5) is 14.3.